The van der Waals surface area contributed by atoms with Gasteiger partial charge in [-0.1, -0.05) is 17.8 Å². The molecule has 1 aromatic heterocycles. The third kappa shape index (κ3) is 4.86. The van der Waals surface area contributed by atoms with Crippen LogP contribution in [0.2, 0.25) is 0 Å². The van der Waals surface area contributed by atoms with Gasteiger partial charge in [-0.2, -0.15) is 0 Å². The standard InChI is InChI=1S/C20H25N5O4S/c1-12(13-2-5-15-16(10-13)29-9-8-28-15)22-19(27)11-30-20-24-23-18(7-6-17(21)26)25(20)14-3-4-14/h2,5,10,12,14H,3-4,6-9,11H2,1H3,(H2,21,26)(H,22,27). The Hall–Kier alpha value is -2.75. The number of ether oxygens (including phenoxy) is 2. The zero-order chi connectivity index (χ0) is 21.1. The minimum absolute atomic E-state index is 0.0913. The van der Waals surface area contributed by atoms with E-state index in [0.717, 1.165) is 30.0 Å². The number of carbonyl (C=O) groups is 2. The zero-order valence-corrected chi connectivity index (χ0v) is 17.6. The van der Waals surface area contributed by atoms with Gasteiger partial charge in [0.1, 0.15) is 19.0 Å². The first-order chi connectivity index (χ1) is 14.5. The van der Waals surface area contributed by atoms with Crippen molar-refractivity contribution in [3.05, 3.63) is 29.6 Å². The first-order valence-electron chi connectivity index (χ1n) is 10.0. The van der Waals surface area contributed by atoms with Crippen molar-refractivity contribution < 1.29 is 19.1 Å². The molecule has 2 amide bonds. The van der Waals surface area contributed by atoms with Crippen LogP contribution in [0.1, 0.15) is 49.7 Å². The van der Waals surface area contributed by atoms with Gasteiger partial charge in [0, 0.05) is 18.9 Å². The number of primary amides is 1. The Kier molecular flexibility index (Phi) is 6.12. The summed E-state index contributed by atoms with van der Waals surface area (Å²) >= 11 is 1.36. The van der Waals surface area contributed by atoms with E-state index in [9.17, 15) is 9.59 Å². The Bertz CT molecular complexity index is 943. The fraction of sp³-hybridized carbons (Fsp3) is 0.500. The maximum Gasteiger partial charge on any atom is 0.230 e. The highest BCUT2D eigenvalue weighted by atomic mass is 32.2. The lowest BCUT2D eigenvalue weighted by molar-refractivity contribution is -0.119. The number of nitrogens with one attached hydrogen (secondary N) is 1. The van der Waals surface area contributed by atoms with Crippen molar-refractivity contribution in [2.24, 2.45) is 5.73 Å². The lowest BCUT2D eigenvalue weighted by Crippen LogP contribution is -2.28. The quantitative estimate of drug-likeness (QED) is 0.580. The summed E-state index contributed by atoms with van der Waals surface area (Å²) in [7, 11) is 0. The molecule has 1 unspecified atom stereocenters. The monoisotopic (exact) mass is 431 g/mol. The molecule has 0 radical (unpaired) electrons. The first-order valence-corrected chi connectivity index (χ1v) is 11.0. The summed E-state index contributed by atoms with van der Waals surface area (Å²) in [6.45, 7) is 3.01. The molecular formula is C20H25N5O4S. The number of thioether (sulfide) groups is 1. The molecule has 1 aliphatic carbocycles. The number of fused-ring (bicyclic) bond motifs is 1. The molecule has 0 saturated heterocycles. The molecule has 2 aromatic rings. The predicted molar refractivity (Wildman–Crippen MR) is 111 cm³/mol. The molecule has 30 heavy (non-hydrogen) atoms. The van der Waals surface area contributed by atoms with E-state index in [-0.39, 0.29) is 30.0 Å². The molecule has 9 nitrogen and oxygen atoms in total. The summed E-state index contributed by atoms with van der Waals surface area (Å²) in [4.78, 5) is 23.6. The van der Waals surface area contributed by atoms with E-state index in [2.05, 4.69) is 15.5 Å². The summed E-state index contributed by atoms with van der Waals surface area (Å²) in [5.41, 5.74) is 6.20. The van der Waals surface area contributed by atoms with Crippen molar-refractivity contribution in [1.82, 2.24) is 20.1 Å². The minimum atomic E-state index is -0.359. The summed E-state index contributed by atoms with van der Waals surface area (Å²) in [6, 6.07) is 5.89. The second-order valence-electron chi connectivity index (χ2n) is 7.45. The number of rotatable bonds is 9. The summed E-state index contributed by atoms with van der Waals surface area (Å²) < 4.78 is 13.2. The van der Waals surface area contributed by atoms with Gasteiger partial charge < -0.3 is 25.1 Å². The van der Waals surface area contributed by atoms with Crippen LogP contribution in [0, 0.1) is 0 Å². The average molecular weight is 432 g/mol. The van der Waals surface area contributed by atoms with E-state index >= 15 is 0 Å². The van der Waals surface area contributed by atoms with Crippen LogP contribution in [0.15, 0.2) is 23.4 Å². The molecule has 1 atom stereocenters. The SMILES string of the molecule is CC(NC(=O)CSc1nnc(CCC(N)=O)n1C1CC1)c1ccc2c(c1)OCCO2. The number of aromatic nitrogens is 3. The number of hydrogen-bond acceptors (Lipinski definition) is 7. The average Bonchev–Trinajstić information content (AvgIpc) is 3.50. The fourth-order valence-electron chi connectivity index (χ4n) is 3.34. The normalized spacial score (nSPS) is 16.2. The molecule has 1 fully saturated rings. The van der Waals surface area contributed by atoms with Gasteiger partial charge in [-0.05, 0) is 37.5 Å². The topological polar surface area (TPSA) is 121 Å². The van der Waals surface area contributed by atoms with Crippen molar-refractivity contribution >= 4 is 23.6 Å². The van der Waals surface area contributed by atoms with Crippen molar-refractivity contribution in [3.63, 3.8) is 0 Å². The molecule has 0 bridgehead atoms. The highest BCUT2D eigenvalue weighted by Gasteiger charge is 2.30. The van der Waals surface area contributed by atoms with Gasteiger partial charge in [0.2, 0.25) is 11.8 Å². The summed E-state index contributed by atoms with van der Waals surface area (Å²) in [6.07, 6.45) is 2.82. The summed E-state index contributed by atoms with van der Waals surface area (Å²) in [5, 5.41) is 12.1. The van der Waals surface area contributed by atoms with Crippen LogP contribution in [-0.2, 0) is 16.0 Å². The molecule has 4 rings (SSSR count). The van der Waals surface area contributed by atoms with Gasteiger partial charge >= 0.3 is 0 Å². The van der Waals surface area contributed by atoms with Gasteiger partial charge in [-0.25, -0.2) is 0 Å². The smallest absolute Gasteiger partial charge is 0.230 e. The molecule has 10 heteroatoms. The predicted octanol–water partition coefficient (Wildman–Crippen LogP) is 1.77. The van der Waals surface area contributed by atoms with Crippen LogP contribution in [0.5, 0.6) is 11.5 Å². The molecular weight excluding hydrogens is 406 g/mol. The molecule has 1 aliphatic heterocycles. The van der Waals surface area contributed by atoms with Crippen LogP contribution < -0.4 is 20.5 Å². The van der Waals surface area contributed by atoms with Gasteiger partial charge in [-0.15, -0.1) is 10.2 Å². The Morgan fingerprint density at radius 3 is 2.77 bits per heavy atom. The van der Waals surface area contributed by atoms with Crippen LogP contribution in [-0.4, -0.2) is 45.5 Å². The number of benzene rings is 1. The molecule has 3 N–H and O–H groups in total. The number of amides is 2. The van der Waals surface area contributed by atoms with Crippen LogP contribution in [0.3, 0.4) is 0 Å². The second kappa shape index (κ2) is 8.95. The zero-order valence-electron chi connectivity index (χ0n) is 16.8. The van der Waals surface area contributed by atoms with Gasteiger partial charge in [0.05, 0.1) is 11.8 Å². The largest absolute Gasteiger partial charge is 0.486 e. The highest BCUT2D eigenvalue weighted by molar-refractivity contribution is 7.99. The van der Waals surface area contributed by atoms with E-state index in [1.165, 1.54) is 11.8 Å². The molecule has 2 heterocycles. The third-order valence-electron chi connectivity index (χ3n) is 5.02. The van der Waals surface area contributed by atoms with Gasteiger partial charge in [0.25, 0.3) is 0 Å². The lowest BCUT2D eigenvalue weighted by atomic mass is 10.1. The number of nitrogens with two attached hydrogens (primary N) is 1. The summed E-state index contributed by atoms with van der Waals surface area (Å²) in [5.74, 6) is 1.97. The number of hydrogen-bond donors (Lipinski definition) is 2. The molecule has 0 spiro atoms. The van der Waals surface area contributed by atoms with Gasteiger partial charge in [-0.3, -0.25) is 9.59 Å². The molecule has 160 valence electrons. The Labute approximate surface area is 178 Å². The van der Waals surface area contributed by atoms with Crippen molar-refractivity contribution in [3.8, 4) is 11.5 Å². The van der Waals surface area contributed by atoms with E-state index in [0.29, 0.717) is 36.6 Å². The minimum Gasteiger partial charge on any atom is -0.486 e. The van der Waals surface area contributed by atoms with E-state index in [1.807, 2.05) is 29.7 Å². The van der Waals surface area contributed by atoms with Crippen LogP contribution in [0.4, 0.5) is 0 Å². The number of nitrogens with zero attached hydrogens (tertiary/aromatic N) is 3. The van der Waals surface area contributed by atoms with E-state index in [4.69, 9.17) is 15.2 Å². The third-order valence-corrected chi connectivity index (χ3v) is 5.96. The Balaban J connectivity index is 1.34. The first kappa shape index (κ1) is 20.5. The Morgan fingerprint density at radius 1 is 1.27 bits per heavy atom. The van der Waals surface area contributed by atoms with E-state index < -0.39 is 0 Å². The number of carbonyl (C=O) groups excluding carboxylic acids is 2. The highest BCUT2D eigenvalue weighted by Crippen LogP contribution is 2.39. The maximum atomic E-state index is 12.5. The molecule has 1 saturated carbocycles. The second-order valence-corrected chi connectivity index (χ2v) is 8.39. The fourth-order valence-corrected chi connectivity index (χ4v) is 4.17. The molecule has 2 aliphatic rings. The van der Waals surface area contributed by atoms with Crippen LogP contribution in [0.25, 0.3) is 0 Å². The van der Waals surface area contributed by atoms with Crippen LogP contribution >= 0.6 is 11.8 Å². The van der Waals surface area contributed by atoms with Crippen molar-refractivity contribution in [2.75, 3.05) is 19.0 Å². The number of aryl methyl sites for hydroxylation is 1. The van der Waals surface area contributed by atoms with Crippen molar-refractivity contribution in [1.29, 1.82) is 0 Å². The van der Waals surface area contributed by atoms with E-state index in [1.54, 1.807) is 0 Å². The lowest BCUT2D eigenvalue weighted by Gasteiger charge is -2.21. The Morgan fingerprint density at radius 2 is 2.03 bits per heavy atom. The van der Waals surface area contributed by atoms with Crippen molar-refractivity contribution in [2.45, 2.75) is 49.8 Å². The molecule has 1 aromatic carbocycles. The van der Waals surface area contributed by atoms with Gasteiger partial charge in [0.15, 0.2) is 16.7 Å². The maximum absolute atomic E-state index is 12.5.